The fraction of sp³-hybridized carbons (Fsp3) is 0.286. The van der Waals surface area contributed by atoms with E-state index in [-0.39, 0.29) is 40.2 Å². The topological polar surface area (TPSA) is 77.8 Å². The van der Waals surface area contributed by atoms with Crippen LogP contribution >= 0.6 is 23.5 Å². The first-order valence-corrected chi connectivity index (χ1v) is 8.43. The lowest BCUT2D eigenvalue weighted by Crippen LogP contribution is -2.31. The number of rotatable bonds is 7. The summed E-state index contributed by atoms with van der Waals surface area (Å²) in [6.07, 6.45) is 0. The fourth-order valence-electron chi connectivity index (χ4n) is 1.86. The number of imide groups is 1. The number of nitrogens with zero attached hydrogens (tertiary/aromatic N) is 1. The summed E-state index contributed by atoms with van der Waals surface area (Å²) in [6, 6.07) is 5.07. The molecule has 0 saturated heterocycles. The Kier molecular flexibility index (Phi) is 6.01. The van der Waals surface area contributed by atoms with Crippen molar-refractivity contribution in [3.05, 3.63) is 39.9 Å². The van der Waals surface area contributed by atoms with Crippen LogP contribution in [0.1, 0.15) is 0 Å². The Morgan fingerprint density at radius 2 is 1.36 bits per heavy atom. The second-order valence-electron chi connectivity index (χ2n) is 4.22. The van der Waals surface area contributed by atoms with E-state index < -0.39 is 17.6 Å². The Labute approximate surface area is 135 Å². The van der Waals surface area contributed by atoms with Crippen molar-refractivity contribution in [2.75, 3.05) is 29.6 Å². The highest BCUT2D eigenvalue weighted by molar-refractivity contribution is 8.08. The van der Waals surface area contributed by atoms with Gasteiger partial charge in [0.1, 0.15) is 5.82 Å². The number of aliphatic hydroxyl groups is 2. The molecule has 2 amide bonds. The van der Waals surface area contributed by atoms with E-state index in [1.165, 1.54) is 24.3 Å². The molecule has 0 radical (unpaired) electrons. The molecule has 0 unspecified atom stereocenters. The van der Waals surface area contributed by atoms with Gasteiger partial charge >= 0.3 is 0 Å². The van der Waals surface area contributed by atoms with Crippen LogP contribution in [0, 0.1) is 5.82 Å². The molecule has 0 bridgehead atoms. The zero-order valence-corrected chi connectivity index (χ0v) is 13.1. The maximum Gasteiger partial charge on any atom is 0.273 e. The summed E-state index contributed by atoms with van der Waals surface area (Å²) in [7, 11) is 0. The van der Waals surface area contributed by atoms with Gasteiger partial charge in [0.05, 0.1) is 28.7 Å². The molecular weight excluding hydrogens is 329 g/mol. The van der Waals surface area contributed by atoms with Crippen molar-refractivity contribution in [3.63, 3.8) is 0 Å². The standard InChI is InChI=1S/C14H14FNO4S2/c15-9-1-3-10(4-2-9)16-13(19)11(21-7-5-17)12(14(16)20)22-8-6-18/h1-4,17-18H,5-8H2. The van der Waals surface area contributed by atoms with Crippen LogP contribution in [-0.2, 0) is 9.59 Å². The lowest BCUT2D eigenvalue weighted by Gasteiger charge is -2.14. The molecule has 1 heterocycles. The zero-order valence-electron chi connectivity index (χ0n) is 11.5. The van der Waals surface area contributed by atoms with Gasteiger partial charge in [0.15, 0.2) is 0 Å². The van der Waals surface area contributed by atoms with Crippen molar-refractivity contribution in [1.82, 2.24) is 0 Å². The summed E-state index contributed by atoms with van der Waals surface area (Å²) < 4.78 is 13.0. The second-order valence-corrected chi connectivity index (χ2v) is 6.43. The SMILES string of the molecule is O=C1C(SCCO)=C(SCCO)C(=O)N1c1ccc(F)cc1. The highest BCUT2D eigenvalue weighted by atomic mass is 32.2. The van der Waals surface area contributed by atoms with Crippen LogP contribution in [0.25, 0.3) is 0 Å². The number of carbonyl (C=O) groups is 2. The summed E-state index contributed by atoms with van der Waals surface area (Å²) in [6.45, 7) is -0.242. The third kappa shape index (κ3) is 3.52. The van der Waals surface area contributed by atoms with Gasteiger partial charge in [-0.15, -0.1) is 23.5 Å². The number of thioether (sulfide) groups is 2. The van der Waals surface area contributed by atoms with Crippen molar-refractivity contribution < 1.29 is 24.2 Å². The van der Waals surface area contributed by atoms with Crippen molar-refractivity contribution in [1.29, 1.82) is 0 Å². The van der Waals surface area contributed by atoms with E-state index in [2.05, 4.69) is 0 Å². The Hall–Kier alpha value is -1.35. The van der Waals surface area contributed by atoms with Gasteiger partial charge in [-0.3, -0.25) is 9.59 Å². The molecule has 2 rings (SSSR count). The predicted molar refractivity (Wildman–Crippen MR) is 85.0 cm³/mol. The van der Waals surface area contributed by atoms with Gasteiger partial charge in [0.25, 0.3) is 11.8 Å². The molecule has 1 aliphatic rings. The van der Waals surface area contributed by atoms with Crippen LogP contribution in [0.15, 0.2) is 34.1 Å². The van der Waals surface area contributed by atoms with E-state index >= 15 is 0 Å². The average Bonchev–Trinajstić information content (AvgIpc) is 2.74. The first-order valence-electron chi connectivity index (χ1n) is 6.46. The molecule has 2 N–H and O–H groups in total. The molecule has 0 saturated carbocycles. The van der Waals surface area contributed by atoms with Gasteiger partial charge in [-0.2, -0.15) is 0 Å². The maximum atomic E-state index is 13.0. The largest absolute Gasteiger partial charge is 0.396 e. The molecule has 0 aliphatic carbocycles. The van der Waals surface area contributed by atoms with Crippen LogP contribution in [0.2, 0.25) is 0 Å². The van der Waals surface area contributed by atoms with Crippen LogP contribution in [-0.4, -0.2) is 46.7 Å². The van der Waals surface area contributed by atoms with E-state index in [0.29, 0.717) is 0 Å². The van der Waals surface area contributed by atoms with E-state index in [1.54, 1.807) is 0 Å². The summed E-state index contributed by atoms with van der Waals surface area (Å²) in [5.41, 5.74) is 0.290. The van der Waals surface area contributed by atoms with E-state index in [4.69, 9.17) is 10.2 Å². The number of carbonyl (C=O) groups excluding carboxylic acids is 2. The Morgan fingerprint density at radius 3 is 1.77 bits per heavy atom. The molecule has 5 nitrogen and oxygen atoms in total. The number of benzene rings is 1. The molecule has 0 spiro atoms. The fourth-order valence-corrected chi connectivity index (χ4v) is 3.67. The zero-order chi connectivity index (χ0) is 16.1. The average molecular weight is 343 g/mol. The van der Waals surface area contributed by atoms with Gasteiger partial charge in [-0.05, 0) is 24.3 Å². The molecule has 1 aliphatic heterocycles. The van der Waals surface area contributed by atoms with Gasteiger partial charge in [-0.1, -0.05) is 0 Å². The number of amides is 2. The first kappa shape index (κ1) is 17.0. The third-order valence-corrected chi connectivity index (χ3v) is 5.00. The van der Waals surface area contributed by atoms with Crippen LogP contribution < -0.4 is 4.90 Å². The number of aliphatic hydroxyl groups excluding tert-OH is 2. The summed E-state index contributed by atoms with van der Waals surface area (Å²) >= 11 is 2.19. The van der Waals surface area contributed by atoms with Crippen LogP contribution in [0.4, 0.5) is 10.1 Å². The second kappa shape index (κ2) is 7.77. The lowest BCUT2D eigenvalue weighted by molar-refractivity contribution is -0.120. The number of hydrogen-bond acceptors (Lipinski definition) is 6. The molecule has 0 fully saturated rings. The van der Waals surface area contributed by atoms with Crippen molar-refractivity contribution in [2.24, 2.45) is 0 Å². The van der Waals surface area contributed by atoms with Gasteiger partial charge in [0, 0.05) is 11.5 Å². The highest BCUT2D eigenvalue weighted by Gasteiger charge is 2.39. The Balaban J connectivity index is 2.31. The van der Waals surface area contributed by atoms with Gasteiger partial charge < -0.3 is 10.2 Å². The monoisotopic (exact) mass is 343 g/mol. The molecular formula is C14H14FNO4S2. The molecule has 0 aromatic heterocycles. The van der Waals surface area contributed by atoms with Gasteiger partial charge in [-0.25, -0.2) is 9.29 Å². The smallest absolute Gasteiger partial charge is 0.273 e. The van der Waals surface area contributed by atoms with Crippen molar-refractivity contribution >= 4 is 41.0 Å². The summed E-state index contributed by atoms with van der Waals surface area (Å²) in [5, 5.41) is 17.8. The summed E-state index contributed by atoms with van der Waals surface area (Å²) in [5.74, 6) is -0.865. The summed E-state index contributed by atoms with van der Waals surface area (Å²) in [4.78, 5) is 26.4. The Morgan fingerprint density at radius 1 is 0.909 bits per heavy atom. The number of halogens is 1. The third-order valence-electron chi connectivity index (χ3n) is 2.76. The van der Waals surface area contributed by atoms with Gasteiger partial charge in [0.2, 0.25) is 0 Å². The Bertz CT molecular complexity index is 573. The molecule has 1 aromatic rings. The van der Waals surface area contributed by atoms with Crippen LogP contribution in [0.5, 0.6) is 0 Å². The first-order chi connectivity index (χ1) is 10.6. The normalized spacial score (nSPS) is 15.1. The maximum absolute atomic E-state index is 13.0. The molecule has 118 valence electrons. The highest BCUT2D eigenvalue weighted by Crippen LogP contribution is 2.38. The molecule has 1 aromatic carbocycles. The lowest BCUT2D eigenvalue weighted by atomic mass is 10.3. The van der Waals surface area contributed by atoms with Crippen LogP contribution in [0.3, 0.4) is 0 Å². The minimum Gasteiger partial charge on any atom is -0.396 e. The minimum atomic E-state index is -0.490. The van der Waals surface area contributed by atoms with Crippen molar-refractivity contribution in [2.45, 2.75) is 0 Å². The van der Waals surface area contributed by atoms with E-state index in [1.807, 2.05) is 0 Å². The van der Waals surface area contributed by atoms with E-state index in [9.17, 15) is 14.0 Å². The minimum absolute atomic E-state index is 0.121. The molecule has 0 atom stereocenters. The van der Waals surface area contributed by atoms with Crippen molar-refractivity contribution in [3.8, 4) is 0 Å². The number of hydrogen-bond donors (Lipinski definition) is 2. The number of anilines is 1. The molecule has 8 heteroatoms. The van der Waals surface area contributed by atoms with E-state index in [0.717, 1.165) is 28.4 Å². The predicted octanol–water partition coefficient (Wildman–Crippen LogP) is 1.36. The molecule has 22 heavy (non-hydrogen) atoms. The quantitative estimate of drug-likeness (QED) is 0.728.